The van der Waals surface area contributed by atoms with E-state index in [9.17, 15) is 13.2 Å². The van der Waals surface area contributed by atoms with Crippen LogP contribution in [0.5, 0.6) is 0 Å². The van der Waals surface area contributed by atoms with E-state index in [1.165, 1.54) is 11.8 Å². The molecule has 190 valence electrons. The van der Waals surface area contributed by atoms with E-state index < -0.39 is 15.6 Å². The number of allylic oxidation sites excluding steroid dienone is 1. The van der Waals surface area contributed by atoms with Gasteiger partial charge in [-0.05, 0) is 70.6 Å². The minimum absolute atomic E-state index is 0.173. The zero-order valence-corrected chi connectivity index (χ0v) is 22.4. The second-order valence-corrected chi connectivity index (χ2v) is 11.8. The highest BCUT2D eigenvalue weighted by molar-refractivity contribution is 7.98. The van der Waals surface area contributed by atoms with Gasteiger partial charge in [0.15, 0.2) is 5.16 Å². The highest BCUT2D eigenvalue weighted by Crippen LogP contribution is 2.23. The first-order valence-corrected chi connectivity index (χ1v) is 14.1. The van der Waals surface area contributed by atoms with Crippen LogP contribution in [0.2, 0.25) is 0 Å². The first kappa shape index (κ1) is 27.0. The van der Waals surface area contributed by atoms with Crippen molar-refractivity contribution in [2.75, 3.05) is 19.3 Å². The highest BCUT2D eigenvalue weighted by atomic mass is 32.2. The predicted molar refractivity (Wildman–Crippen MR) is 136 cm³/mol. The van der Waals surface area contributed by atoms with Crippen LogP contribution in [-0.4, -0.2) is 54.3 Å². The Kier molecular flexibility index (Phi) is 8.79. The number of carbonyl (C=O) groups excluding carboxylic acids is 1. The second-order valence-electron chi connectivity index (χ2n) is 9.30. The van der Waals surface area contributed by atoms with E-state index in [0.29, 0.717) is 37.5 Å². The summed E-state index contributed by atoms with van der Waals surface area (Å²) in [5.41, 5.74) is 5.88. The third kappa shape index (κ3) is 7.94. The quantitative estimate of drug-likeness (QED) is 0.322. The van der Waals surface area contributed by atoms with Crippen molar-refractivity contribution < 1.29 is 17.9 Å². The van der Waals surface area contributed by atoms with Gasteiger partial charge in [-0.1, -0.05) is 29.5 Å². The fourth-order valence-electron chi connectivity index (χ4n) is 3.50. The molecule has 35 heavy (non-hydrogen) atoms. The Morgan fingerprint density at radius 2 is 1.80 bits per heavy atom. The van der Waals surface area contributed by atoms with Gasteiger partial charge >= 0.3 is 6.09 Å². The van der Waals surface area contributed by atoms with Gasteiger partial charge in [-0.2, -0.15) is 0 Å². The van der Waals surface area contributed by atoms with E-state index in [2.05, 4.69) is 20.2 Å². The summed E-state index contributed by atoms with van der Waals surface area (Å²) in [5, 5.41) is 0.645. The zero-order valence-electron chi connectivity index (χ0n) is 20.8. The molecule has 2 N–H and O–H groups in total. The lowest BCUT2D eigenvalue weighted by atomic mass is 9.99. The SMILES string of the molecule is CSc1nccc(CC(NNS(=O)(=O)c2ccc(C)cc2)=C2CCN(C(=O)OC(C)(C)C)CC2)n1. The summed E-state index contributed by atoms with van der Waals surface area (Å²) in [5.74, 6) is 0. The average Bonchev–Trinajstić information content (AvgIpc) is 2.81. The molecular formula is C24H33N5O4S2. The molecule has 11 heteroatoms. The molecule has 0 bridgehead atoms. The van der Waals surface area contributed by atoms with E-state index in [1.54, 1.807) is 35.4 Å². The first-order chi connectivity index (χ1) is 16.5. The normalized spacial score (nSPS) is 14.5. The van der Waals surface area contributed by atoms with Crippen molar-refractivity contribution in [2.45, 2.75) is 62.6 Å². The van der Waals surface area contributed by atoms with Crippen molar-refractivity contribution >= 4 is 27.9 Å². The minimum atomic E-state index is -3.78. The molecule has 0 spiro atoms. The fraction of sp³-hybridized carbons (Fsp3) is 0.458. The number of ether oxygens (including phenoxy) is 1. The average molecular weight is 520 g/mol. The summed E-state index contributed by atoms with van der Waals surface area (Å²) >= 11 is 1.44. The van der Waals surface area contributed by atoms with E-state index in [-0.39, 0.29) is 11.0 Å². The third-order valence-corrected chi connectivity index (χ3v) is 7.17. The van der Waals surface area contributed by atoms with Crippen LogP contribution in [0.1, 0.15) is 44.9 Å². The molecule has 1 aromatic heterocycles. The number of amides is 1. The molecule has 1 aromatic carbocycles. The van der Waals surface area contributed by atoms with E-state index in [1.807, 2.05) is 40.0 Å². The summed E-state index contributed by atoms with van der Waals surface area (Å²) in [4.78, 5) is 25.6. The summed E-state index contributed by atoms with van der Waals surface area (Å²) < 4.78 is 31.2. The van der Waals surface area contributed by atoms with Crippen LogP contribution >= 0.6 is 11.8 Å². The van der Waals surface area contributed by atoms with E-state index in [0.717, 1.165) is 22.5 Å². The van der Waals surface area contributed by atoms with Crippen molar-refractivity contribution in [3.8, 4) is 0 Å². The molecule has 0 saturated carbocycles. The lowest BCUT2D eigenvalue weighted by Crippen LogP contribution is -2.42. The van der Waals surface area contributed by atoms with Crippen molar-refractivity contribution in [3.05, 3.63) is 59.1 Å². The molecule has 1 saturated heterocycles. The molecule has 0 atom stereocenters. The zero-order chi connectivity index (χ0) is 25.6. The summed E-state index contributed by atoms with van der Waals surface area (Å²) in [6, 6.07) is 8.46. The van der Waals surface area contributed by atoms with Crippen LogP contribution in [0.4, 0.5) is 4.79 Å². The first-order valence-electron chi connectivity index (χ1n) is 11.4. The highest BCUT2D eigenvalue weighted by Gasteiger charge is 2.26. The summed E-state index contributed by atoms with van der Waals surface area (Å²) in [7, 11) is -3.78. The molecule has 1 aliphatic rings. The number of aryl methyl sites for hydroxylation is 1. The van der Waals surface area contributed by atoms with Gasteiger partial charge in [-0.15, -0.1) is 4.83 Å². The molecule has 0 radical (unpaired) electrons. The van der Waals surface area contributed by atoms with E-state index in [4.69, 9.17) is 4.74 Å². The number of thioether (sulfide) groups is 1. The van der Waals surface area contributed by atoms with Crippen molar-refractivity contribution in [1.29, 1.82) is 0 Å². The molecule has 0 unspecified atom stereocenters. The third-order valence-electron chi connectivity index (χ3n) is 5.34. The number of nitrogens with zero attached hydrogens (tertiary/aromatic N) is 3. The van der Waals surface area contributed by atoms with Gasteiger partial charge in [-0.25, -0.2) is 23.2 Å². The van der Waals surface area contributed by atoms with Crippen LogP contribution in [0.15, 0.2) is 57.9 Å². The van der Waals surface area contributed by atoms with Gasteiger partial charge in [0.2, 0.25) is 0 Å². The Labute approximate surface area is 211 Å². The number of aromatic nitrogens is 2. The molecule has 1 fully saturated rings. The van der Waals surface area contributed by atoms with Crippen LogP contribution in [-0.2, 0) is 21.2 Å². The number of piperidine rings is 1. The van der Waals surface area contributed by atoms with Crippen LogP contribution in [0, 0.1) is 6.92 Å². The topological polar surface area (TPSA) is 114 Å². The Bertz CT molecular complexity index is 1170. The lowest BCUT2D eigenvalue weighted by Gasteiger charge is -2.32. The number of nitrogens with one attached hydrogen (secondary N) is 2. The Hall–Kier alpha value is -2.63. The van der Waals surface area contributed by atoms with Gasteiger partial charge in [0, 0.05) is 31.4 Å². The van der Waals surface area contributed by atoms with Crippen molar-refractivity contribution in [3.63, 3.8) is 0 Å². The Balaban J connectivity index is 1.79. The van der Waals surface area contributed by atoms with Gasteiger partial charge in [0.05, 0.1) is 10.6 Å². The minimum Gasteiger partial charge on any atom is -0.444 e. The van der Waals surface area contributed by atoms with E-state index >= 15 is 0 Å². The monoisotopic (exact) mass is 519 g/mol. The standard InChI is InChI=1S/C24H33N5O4S2/c1-17-6-8-20(9-7-17)35(31,32)28-27-21(16-19-10-13-25-22(26-19)34-5)18-11-14-29(15-12-18)23(30)33-24(2,3)4/h6-10,13,27-28H,11-12,14-16H2,1-5H3. The van der Waals surface area contributed by atoms with Gasteiger partial charge in [0.1, 0.15) is 5.60 Å². The number of hydrogen-bond donors (Lipinski definition) is 2. The smallest absolute Gasteiger partial charge is 0.410 e. The number of hydrazine groups is 1. The largest absolute Gasteiger partial charge is 0.444 e. The molecule has 9 nitrogen and oxygen atoms in total. The molecule has 0 aliphatic carbocycles. The van der Waals surface area contributed by atoms with Gasteiger partial charge in [-0.3, -0.25) is 0 Å². The van der Waals surface area contributed by atoms with Crippen LogP contribution in [0.3, 0.4) is 0 Å². The maximum Gasteiger partial charge on any atom is 0.410 e. The molecule has 1 amide bonds. The predicted octanol–water partition coefficient (Wildman–Crippen LogP) is 3.82. The molecular weight excluding hydrogens is 486 g/mol. The maximum absolute atomic E-state index is 12.9. The molecule has 2 heterocycles. The lowest BCUT2D eigenvalue weighted by molar-refractivity contribution is 0.0235. The summed E-state index contributed by atoms with van der Waals surface area (Å²) in [6.07, 6.45) is 4.83. The Morgan fingerprint density at radius 3 is 2.40 bits per heavy atom. The number of rotatable bonds is 7. The van der Waals surface area contributed by atoms with Crippen LogP contribution in [0.25, 0.3) is 0 Å². The molecule has 2 aromatic rings. The molecule has 1 aliphatic heterocycles. The number of hydrogen-bond acceptors (Lipinski definition) is 8. The number of carbonyl (C=O) groups is 1. The fourth-order valence-corrected chi connectivity index (χ4v) is 4.75. The number of sulfonamides is 1. The second kappa shape index (κ2) is 11.4. The van der Waals surface area contributed by atoms with Gasteiger partial charge in [0.25, 0.3) is 10.0 Å². The van der Waals surface area contributed by atoms with Crippen molar-refractivity contribution in [1.82, 2.24) is 25.1 Å². The Morgan fingerprint density at radius 1 is 1.14 bits per heavy atom. The number of likely N-dealkylation sites (tertiary alicyclic amines) is 1. The molecule has 3 rings (SSSR count). The van der Waals surface area contributed by atoms with Crippen LogP contribution < -0.4 is 10.3 Å². The van der Waals surface area contributed by atoms with Gasteiger partial charge < -0.3 is 15.1 Å². The van der Waals surface area contributed by atoms with Crippen molar-refractivity contribution in [2.24, 2.45) is 0 Å². The maximum atomic E-state index is 12.9. The number of benzene rings is 1. The summed E-state index contributed by atoms with van der Waals surface area (Å²) in [6.45, 7) is 8.39.